The maximum Gasteiger partial charge on any atom is 0.0485 e. The lowest BCUT2D eigenvalue weighted by molar-refractivity contribution is 0.144. The molecule has 2 heterocycles. The van der Waals surface area contributed by atoms with Gasteiger partial charge in [0.05, 0.1) is 0 Å². The predicted molar refractivity (Wildman–Crippen MR) is 70.4 cm³/mol. The molecule has 1 aromatic heterocycles. The van der Waals surface area contributed by atoms with Crippen LogP contribution in [0.3, 0.4) is 0 Å². The number of fused-ring (bicyclic) bond motifs is 1. The SMILES string of the molecule is c1cc2cc(NC3CCCOCC3)ccc2[nH]1. The van der Waals surface area contributed by atoms with Crippen LogP contribution in [0.4, 0.5) is 5.69 Å². The lowest BCUT2D eigenvalue weighted by Gasteiger charge is -2.17. The molecular formula is C14H18N2O. The van der Waals surface area contributed by atoms with Gasteiger partial charge in [-0.25, -0.2) is 0 Å². The Kier molecular flexibility index (Phi) is 3.01. The van der Waals surface area contributed by atoms with Crippen molar-refractivity contribution >= 4 is 16.6 Å². The maximum absolute atomic E-state index is 5.48. The zero-order chi connectivity index (χ0) is 11.5. The summed E-state index contributed by atoms with van der Waals surface area (Å²) in [4.78, 5) is 3.21. The molecule has 0 saturated carbocycles. The van der Waals surface area contributed by atoms with E-state index in [-0.39, 0.29) is 0 Å². The monoisotopic (exact) mass is 230 g/mol. The summed E-state index contributed by atoms with van der Waals surface area (Å²) in [5, 5.41) is 4.87. The Bertz CT molecular complexity index is 484. The number of nitrogens with one attached hydrogen (secondary N) is 2. The molecule has 0 bridgehead atoms. The number of rotatable bonds is 2. The molecule has 1 aliphatic rings. The van der Waals surface area contributed by atoms with E-state index in [1.807, 2.05) is 6.20 Å². The van der Waals surface area contributed by atoms with E-state index < -0.39 is 0 Å². The van der Waals surface area contributed by atoms with Gasteiger partial charge in [0.15, 0.2) is 0 Å². The Labute approximate surface area is 101 Å². The second kappa shape index (κ2) is 4.80. The number of anilines is 1. The Morgan fingerprint density at radius 2 is 2.18 bits per heavy atom. The van der Waals surface area contributed by atoms with Crippen LogP contribution in [-0.4, -0.2) is 24.2 Å². The van der Waals surface area contributed by atoms with Crippen molar-refractivity contribution in [3.8, 4) is 0 Å². The number of hydrogen-bond acceptors (Lipinski definition) is 2. The topological polar surface area (TPSA) is 37.0 Å². The summed E-state index contributed by atoms with van der Waals surface area (Å²) in [6.07, 6.45) is 5.44. The summed E-state index contributed by atoms with van der Waals surface area (Å²) >= 11 is 0. The van der Waals surface area contributed by atoms with Gasteiger partial charge in [0, 0.05) is 42.0 Å². The molecule has 90 valence electrons. The van der Waals surface area contributed by atoms with Crippen molar-refractivity contribution < 1.29 is 4.74 Å². The second-order valence-electron chi connectivity index (χ2n) is 4.66. The summed E-state index contributed by atoms with van der Waals surface area (Å²) in [5.74, 6) is 0. The number of aromatic nitrogens is 1. The average molecular weight is 230 g/mol. The van der Waals surface area contributed by atoms with Gasteiger partial charge in [0.2, 0.25) is 0 Å². The first kappa shape index (κ1) is 10.7. The first-order valence-corrected chi connectivity index (χ1v) is 6.33. The van der Waals surface area contributed by atoms with Gasteiger partial charge in [0.1, 0.15) is 0 Å². The Morgan fingerprint density at radius 3 is 3.18 bits per heavy atom. The molecule has 2 aromatic rings. The van der Waals surface area contributed by atoms with E-state index in [1.165, 1.54) is 23.0 Å². The summed E-state index contributed by atoms with van der Waals surface area (Å²) in [5.41, 5.74) is 2.41. The van der Waals surface area contributed by atoms with Gasteiger partial charge in [-0.1, -0.05) is 0 Å². The minimum atomic E-state index is 0.550. The third kappa shape index (κ3) is 2.44. The smallest absolute Gasteiger partial charge is 0.0485 e. The van der Waals surface area contributed by atoms with Crippen molar-refractivity contribution in [1.82, 2.24) is 4.98 Å². The predicted octanol–water partition coefficient (Wildman–Crippen LogP) is 3.15. The molecule has 0 spiro atoms. The Hall–Kier alpha value is -1.48. The molecular weight excluding hydrogens is 212 g/mol. The maximum atomic E-state index is 5.48. The van der Waals surface area contributed by atoms with E-state index in [4.69, 9.17) is 4.74 Å². The fourth-order valence-corrected chi connectivity index (χ4v) is 2.43. The molecule has 0 radical (unpaired) electrons. The molecule has 0 amide bonds. The van der Waals surface area contributed by atoms with Crippen LogP contribution >= 0.6 is 0 Å². The van der Waals surface area contributed by atoms with Crippen molar-refractivity contribution in [3.05, 3.63) is 30.5 Å². The first-order chi connectivity index (χ1) is 8.42. The fraction of sp³-hybridized carbons (Fsp3) is 0.429. The molecule has 1 atom stereocenters. The van der Waals surface area contributed by atoms with Crippen molar-refractivity contribution in [1.29, 1.82) is 0 Å². The summed E-state index contributed by atoms with van der Waals surface area (Å²) < 4.78 is 5.48. The third-order valence-corrected chi connectivity index (χ3v) is 3.38. The fourth-order valence-electron chi connectivity index (χ4n) is 2.43. The highest BCUT2D eigenvalue weighted by Gasteiger charge is 2.12. The number of ether oxygens (including phenoxy) is 1. The zero-order valence-electron chi connectivity index (χ0n) is 9.91. The Morgan fingerprint density at radius 1 is 1.18 bits per heavy atom. The summed E-state index contributed by atoms with van der Waals surface area (Å²) in [6.45, 7) is 1.79. The van der Waals surface area contributed by atoms with Gasteiger partial charge >= 0.3 is 0 Å². The van der Waals surface area contributed by atoms with Crippen LogP contribution < -0.4 is 5.32 Å². The largest absolute Gasteiger partial charge is 0.382 e. The Balaban J connectivity index is 1.74. The third-order valence-electron chi connectivity index (χ3n) is 3.38. The van der Waals surface area contributed by atoms with Crippen molar-refractivity contribution in [2.45, 2.75) is 25.3 Å². The van der Waals surface area contributed by atoms with Crippen LogP contribution in [0.2, 0.25) is 0 Å². The molecule has 1 unspecified atom stereocenters. The number of H-pyrrole nitrogens is 1. The molecule has 17 heavy (non-hydrogen) atoms. The van der Waals surface area contributed by atoms with Gasteiger partial charge in [-0.3, -0.25) is 0 Å². The van der Waals surface area contributed by atoms with Crippen molar-refractivity contribution in [3.63, 3.8) is 0 Å². The van der Waals surface area contributed by atoms with E-state index in [0.29, 0.717) is 6.04 Å². The van der Waals surface area contributed by atoms with Crippen LogP contribution in [0.25, 0.3) is 10.9 Å². The quantitative estimate of drug-likeness (QED) is 0.831. The van der Waals surface area contributed by atoms with E-state index in [2.05, 4.69) is 34.6 Å². The molecule has 2 N–H and O–H groups in total. The van der Waals surface area contributed by atoms with E-state index in [1.54, 1.807) is 0 Å². The highest BCUT2D eigenvalue weighted by molar-refractivity contribution is 5.83. The average Bonchev–Trinajstić information content (AvgIpc) is 2.65. The number of aromatic amines is 1. The lowest BCUT2D eigenvalue weighted by Crippen LogP contribution is -2.19. The molecule has 1 aliphatic heterocycles. The van der Waals surface area contributed by atoms with Gasteiger partial charge in [0.25, 0.3) is 0 Å². The van der Waals surface area contributed by atoms with Crippen molar-refractivity contribution in [2.75, 3.05) is 18.5 Å². The van der Waals surface area contributed by atoms with Gasteiger partial charge in [-0.05, 0) is 43.5 Å². The molecule has 3 heteroatoms. The number of benzene rings is 1. The van der Waals surface area contributed by atoms with Crippen LogP contribution in [0.1, 0.15) is 19.3 Å². The lowest BCUT2D eigenvalue weighted by atomic mass is 10.1. The van der Waals surface area contributed by atoms with Gasteiger partial charge in [-0.15, -0.1) is 0 Å². The van der Waals surface area contributed by atoms with Gasteiger partial charge in [-0.2, -0.15) is 0 Å². The first-order valence-electron chi connectivity index (χ1n) is 6.33. The van der Waals surface area contributed by atoms with E-state index >= 15 is 0 Å². The van der Waals surface area contributed by atoms with Crippen LogP contribution in [0.15, 0.2) is 30.5 Å². The summed E-state index contributed by atoms with van der Waals surface area (Å²) in [6, 6.07) is 9.14. The minimum Gasteiger partial charge on any atom is -0.382 e. The van der Waals surface area contributed by atoms with Crippen LogP contribution in [-0.2, 0) is 4.74 Å². The van der Waals surface area contributed by atoms with Crippen LogP contribution in [0.5, 0.6) is 0 Å². The molecule has 1 aromatic carbocycles. The highest BCUT2D eigenvalue weighted by Crippen LogP contribution is 2.20. The van der Waals surface area contributed by atoms with Gasteiger partial charge < -0.3 is 15.0 Å². The minimum absolute atomic E-state index is 0.550. The number of hydrogen-bond donors (Lipinski definition) is 2. The zero-order valence-corrected chi connectivity index (χ0v) is 9.91. The normalized spacial score (nSPS) is 21.3. The second-order valence-corrected chi connectivity index (χ2v) is 4.66. The molecule has 3 nitrogen and oxygen atoms in total. The molecule has 3 rings (SSSR count). The summed E-state index contributed by atoms with van der Waals surface area (Å²) in [7, 11) is 0. The van der Waals surface area contributed by atoms with Crippen molar-refractivity contribution in [2.24, 2.45) is 0 Å². The highest BCUT2D eigenvalue weighted by atomic mass is 16.5. The molecule has 1 saturated heterocycles. The van der Waals surface area contributed by atoms with Crippen LogP contribution in [0, 0.1) is 0 Å². The molecule has 1 fully saturated rings. The van der Waals surface area contributed by atoms with E-state index in [9.17, 15) is 0 Å². The molecule has 0 aliphatic carbocycles. The standard InChI is InChI=1S/C14H18N2O/c1-2-12(6-9-17-8-1)16-13-3-4-14-11(10-13)5-7-15-14/h3-5,7,10,12,15-16H,1-2,6,8-9H2. The van der Waals surface area contributed by atoms with E-state index in [0.717, 1.165) is 26.1 Å².